The summed E-state index contributed by atoms with van der Waals surface area (Å²) in [5.41, 5.74) is 5.70. The van der Waals surface area contributed by atoms with Crippen LogP contribution < -0.4 is 5.73 Å². The minimum absolute atomic E-state index is 0.330. The first kappa shape index (κ1) is 10.9. The van der Waals surface area contributed by atoms with Crippen molar-refractivity contribution in [2.45, 2.75) is 13.0 Å². The van der Waals surface area contributed by atoms with Crippen molar-refractivity contribution in [2.75, 3.05) is 18.1 Å². The number of carbonyl (C=O) groups excluding carboxylic acids is 1. The van der Waals surface area contributed by atoms with E-state index in [9.17, 15) is 4.79 Å². The Morgan fingerprint density at radius 1 is 1.77 bits per heavy atom. The minimum Gasteiger partial charge on any atom is -0.465 e. The van der Waals surface area contributed by atoms with Crippen molar-refractivity contribution < 1.29 is 9.53 Å². The van der Waals surface area contributed by atoms with Crippen molar-refractivity contribution in [3.8, 4) is 0 Å². The van der Waals surface area contributed by atoms with Crippen LogP contribution in [0.2, 0.25) is 0 Å². The first-order valence-electron chi connectivity index (χ1n) is 4.12. The third kappa shape index (κ3) is 3.25. The van der Waals surface area contributed by atoms with Gasteiger partial charge in [0.25, 0.3) is 0 Å². The van der Waals surface area contributed by atoms with Crippen molar-refractivity contribution in [1.82, 2.24) is 0 Å². The van der Waals surface area contributed by atoms with Gasteiger partial charge in [-0.15, -0.1) is 23.5 Å². The van der Waals surface area contributed by atoms with E-state index < -0.39 is 6.04 Å². The average Bonchev–Trinajstić information content (AvgIpc) is 2.18. The van der Waals surface area contributed by atoms with Crippen LogP contribution in [0.4, 0.5) is 0 Å². The molecule has 74 valence electrons. The first-order chi connectivity index (χ1) is 6.25. The molecule has 0 aliphatic carbocycles. The van der Waals surface area contributed by atoms with Gasteiger partial charge in [0.05, 0.1) is 6.61 Å². The highest BCUT2D eigenvalue weighted by Gasteiger charge is 2.21. The zero-order valence-corrected chi connectivity index (χ0v) is 9.12. The molecule has 3 nitrogen and oxygen atoms in total. The third-order valence-corrected chi connectivity index (χ3v) is 3.90. The van der Waals surface area contributed by atoms with E-state index in [1.165, 1.54) is 0 Å². The van der Waals surface area contributed by atoms with Gasteiger partial charge in [0.15, 0.2) is 0 Å². The molecule has 1 aliphatic heterocycles. The van der Waals surface area contributed by atoms with E-state index in [0.29, 0.717) is 6.61 Å². The van der Waals surface area contributed by atoms with Crippen LogP contribution in [-0.2, 0) is 9.53 Å². The Kier molecular flexibility index (Phi) is 4.69. The number of hydrogen-bond donors (Lipinski definition) is 1. The number of thioether (sulfide) groups is 2. The molecular weight excluding hydrogens is 206 g/mol. The summed E-state index contributed by atoms with van der Waals surface area (Å²) in [6.07, 6.45) is 0. The number of rotatable bonds is 3. The highest BCUT2D eigenvalue weighted by molar-refractivity contribution is 8.09. The van der Waals surface area contributed by atoms with Gasteiger partial charge in [-0.2, -0.15) is 0 Å². The van der Waals surface area contributed by atoms with E-state index >= 15 is 0 Å². The molecule has 1 atom stereocenters. The fourth-order valence-corrected chi connectivity index (χ4v) is 3.03. The maximum Gasteiger partial charge on any atom is 0.328 e. The highest BCUT2D eigenvalue weighted by Crippen LogP contribution is 2.28. The van der Waals surface area contributed by atoms with Gasteiger partial charge in [-0.05, 0) is 12.3 Å². The third-order valence-electron chi connectivity index (χ3n) is 1.52. The average molecular weight is 219 g/mol. The fraction of sp³-hybridized carbons (Fsp3) is 0.625. The molecule has 2 N–H and O–H groups in total. The van der Waals surface area contributed by atoms with E-state index in [1.54, 1.807) is 30.4 Å². The van der Waals surface area contributed by atoms with E-state index in [4.69, 9.17) is 10.5 Å². The van der Waals surface area contributed by atoms with Crippen LogP contribution in [0, 0.1) is 0 Å². The van der Waals surface area contributed by atoms with Crippen LogP contribution >= 0.6 is 23.5 Å². The summed E-state index contributed by atoms with van der Waals surface area (Å²) in [6, 6.07) is -0.585. The summed E-state index contributed by atoms with van der Waals surface area (Å²) in [4.78, 5) is 12.2. The summed E-state index contributed by atoms with van der Waals surface area (Å²) >= 11 is 3.34. The molecule has 0 amide bonds. The van der Waals surface area contributed by atoms with Crippen LogP contribution in [0.1, 0.15) is 6.92 Å². The van der Waals surface area contributed by atoms with Crippen molar-refractivity contribution in [3.05, 3.63) is 10.3 Å². The smallest absolute Gasteiger partial charge is 0.328 e. The molecule has 0 spiro atoms. The molecule has 0 radical (unpaired) electrons. The molecule has 1 unspecified atom stereocenters. The zero-order valence-electron chi connectivity index (χ0n) is 7.49. The van der Waals surface area contributed by atoms with Gasteiger partial charge in [0, 0.05) is 16.4 Å². The lowest BCUT2D eigenvalue weighted by Crippen LogP contribution is -2.33. The quantitative estimate of drug-likeness (QED) is 0.723. The Labute approximate surface area is 86.5 Å². The summed E-state index contributed by atoms with van der Waals surface area (Å²) in [5, 5.41) is 1.95. The second-order valence-corrected chi connectivity index (χ2v) is 4.61. The fourth-order valence-electron chi connectivity index (χ4n) is 0.894. The first-order valence-corrected chi connectivity index (χ1v) is 6.15. The topological polar surface area (TPSA) is 52.3 Å². The van der Waals surface area contributed by atoms with Gasteiger partial charge >= 0.3 is 5.97 Å². The second kappa shape index (κ2) is 5.57. The van der Waals surface area contributed by atoms with Crippen molar-refractivity contribution in [1.29, 1.82) is 0 Å². The lowest BCUT2D eigenvalue weighted by molar-refractivity contribution is -0.143. The van der Waals surface area contributed by atoms with Gasteiger partial charge in [0.2, 0.25) is 0 Å². The van der Waals surface area contributed by atoms with Gasteiger partial charge in [-0.25, -0.2) is 4.79 Å². The van der Waals surface area contributed by atoms with Crippen LogP contribution in [0.15, 0.2) is 10.3 Å². The molecule has 0 aromatic carbocycles. The zero-order chi connectivity index (χ0) is 9.68. The van der Waals surface area contributed by atoms with Crippen LogP contribution in [0.5, 0.6) is 0 Å². The number of hydrogen-bond acceptors (Lipinski definition) is 5. The molecule has 1 heterocycles. The highest BCUT2D eigenvalue weighted by atomic mass is 32.2. The van der Waals surface area contributed by atoms with Gasteiger partial charge in [-0.1, -0.05) is 0 Å². The molecule has 1 rings (SSSR count). The Morgan fingerprint density at radius 3 is 3.08 bits per heavy atom. The van der Waals surface area contributed by atoms with Crippen LogP contribution in [-0.4, -0.2) is 30.1 Å². The van der Waals surface area contributed by atoms with Gasteiger partial charge in [0.1, 0.15) is 6.04 Å². The predicted molar refractivity (Wildman–Crippen MR) is 57.6 cm³/mol. The molecule has 0 aromatic rings. The second-order valence-electron chi connectivity index (χ2n) is 2.47. The maximum atomic E-state index is 11.2. The molecular formula is C8H13NO2S2. The Balaban J connectivity index is 2.50. The molecule has 0 fully saturated rings. The summed E-state index contributed by atoms with van der Waals surface area (Å²) < 4.78 is 4.83. The van der Waals surface area contributed by atoms with E-state index in [0.717, 1.165) is 16.4 Å². The number of esters is 1. The molecule has 5 heteroatoms. The summed E-state index contributed by atoms with van der Waals surface area (Å²) in [5.74, 6) is 1.77. The standard InChI is InChI=1S/C8H13NO2S2/c1-2-11-8(10)7(9)6-5-12-3-4-13-6/h5,7H,2-4,9H2,1H3. The number of nitrogens with two attached hydrogens (primary N) is 1. The molecule has 0 aromatic heterocycles. The summed E-state index contributed by atoms with van der Waals surface area (Å²) in [7, 11) is 0. The normalized spacial score (nSPS) is 19.1. The largest absolute Gasteiger partial charge is 0.465 e. The lowest BCUT2D eigenvalue weighted by atomic mass is 10.3. The van der Waals surface area contributed by atoms with Crippen LogP contribution in [0.3, 0.4) is 0 Å². The van der Waals surface area contributed by atoms with Gasteiger partial charge in [-0.3, -0.25) is 0 Å². The Hall–Kier alpha value is -0.130. The van der Waals surface area contributed by atoms with Crippen molar-refractivity contribution >= 4 is 29.5 Å². The van der Waals surface area contributed by atoms with E-state index in [1.807, 2.05) is 5.41 Å². The minimum atomic E-state index is -0.585. The Morgan fingerprint density at radius 2 is 2.54 bits per heavy atom. The summed E-state index contributed by atoms with van der Waals surface area (Å²) in [6.45, 7) is 2.17. The predicted octanol–water partition coefficient (Wildman–Crippen LogP) is 1.20. The molecule has 13 heavy (non-hydrogen) atoms. The number of ether oxygens (including phenoxy) is 1. The van der Waals surface area contributed by atoms with Gasteiger partial charge < -0.3 is 10.5 Å². The molecule has 0 saturated heterocycles. The molecule has 0 bridgehead atoms. The van der Waals surface area contributed by atoms with E-state index in [-0.39, 0.29) is 5.97 Å². The SMILES string of the molecule is CCOC(=O)C(N)C1=CSCCS1. The molecule has 0 saturated carbocycles. The number of carbonyl (C=O) groups is 1. The van der Waals surface area contributed by atoms with Crippen molar-refractivity contribution in [2.24, 2.45) is 5.73 Å². The van der Waals surface area contributed by atoms with Crippen LogP contribution in [0.25, 0.3) is 0 Å². The van der Waals surface area contributed by atoms with E-state index in [2.05, 4.69) is 0 Å². The maximum absolute atomic E-state index is 11.2. The monoisotopic (exact) mass is 219 g/mol. The Bertz CT molecular complexity index is 218. The lowest BCUT2D eigenvalue weighted by Gasteiger charge is -2.16. The molecule has 1 aliphatic rings. The van der Waals surface area contributed by atoms with Crippen molar-refractivity contribution in [3.63, 3.8) is 0 Å².